The van der Waals surface area contributed by atoms with Crippen molar-refractivity contribution >= 4 is 46.7 Å². The molecule has 0 atom stereocenters. The molecule has 0 amide bonds. The van der Waals surface area contributed by atoms with Crippen molar-refractivity contribution in [2.24, 2.45) is 5.92 Å². The number of rotatable bonds is 5. The Kier molecular flexibility index (Phi) is 7.96. The van der Waals surface area contributed by atoms with Crippen molar-refractivity contribution in [1.29, 1.82) is 0 Å². The minimum absolute atomic E-state index is 0.143. The first-order valence-corrected chi connectivity index (χ1v) is 13.1. The normalized spacial score (nSPS) is 14.7. The second kappa shape index (κ2) is 10.3. The summed E-state index contributed by atoms with van der Waals surface area (Å²) in [7, 11) is 1.54. The van der Waals surface area contributed by atoms with Gasteiger partial charge in [-0.05, 0) is 43.2 Å². The highest BCUT2D eigenvalue weighted by atomic mass is 79.9. The SMILES string of the molecule is Cc1ccc(S(=O)(=O)Cl)cc1.OCCn1c(CC2CCCC2)nc2cc(Br)ccc21. The van der Waals surface area contributed by atoms with Crippen LogP contribution in [0.15, 0.2) is 51.8 Å². The van der Waals surface area contributed by atoms with Gasteiger partial charge in [-0.3, -0.25) is 0 Å². The van der Waals surface area contributed by atoms with E-state index in [1.54, 1.807) is 12.1 Å². The van der Waals surface area contributed by atoms with Crippen LogP contribution in [0.25, 0.3) is 11.0 Å². The third kappa shape index (κ3) is 6.06. The second-order valence-corrected chi connectivity index (χ2v) is 11.1. The van der Waals surface area contributed by atoms with E-state index in [-0.39, 0.29) is 11.5 Å². The zero-order valence-electron chi connectivity index (χ0n) is 16.9. The first-order chi connectivity index (χ1) is 14.3. The maximum atomic E-state index is 10.7. The highest BCUT2D eigenvalue weighted by Gasteiger charge is 2.19. The molecule has 2 aromatic carbocycles. The van der Waals surface area contributed by atoms with Crippen molar-refractivity contribution in [2.75, 3.05) is 6.61 Å². The Labute approximate surface area is 190 Å². The summed E-state index contributed by atoms with van der Waals surface area (Å²) in [6.07, 6.45) is 6.41. The minimum atomic E-state index is -3.55. The van der Waals surface area contributed by atoms with Crippen LogP contribution in [-0.4, -0.2) is 29.7 Å². The van der Waals surface area contributed by atoms with Gasteiger partial charge in [0, 0.05) is 28.1 Å². The molecule has 1 heterocycles. The Hall–Kier alpha value is -1.41. The molecule has 0 radical (unpaired) electrons. The predicted octanol–water partition coefficient (Wildman–Crippen LogP) is 5.45. The van der Waals surface area contributed by atoms with Gasteiger partial charge < -0.3 is 9.67 Å². The van der Waals surface area contributed by atoms with Gasteiger partial charge in [0.25, 0.3) is 9.05 Å². The summed E-state index contributed by atoms with van der Waals surface area (Å²) in [5.41, 5.74) is 3.16. The van der Waals surface area contributed by atoms with E-state index in [1.165, 1.54) is 37.8 Å². The van der Waals surface area contributed by atoms with Crippen LogP contribution >= 0.6 is 26.6 Å². The molecular formula is C22H26BrClN2O3S. The van der Waals surface area contributed by atoms with Crippen molar-refractivity contribution < 1.29 is 13.5 Å². The highest BCUT2D eigenvalue weighted by molar-refractivity contribution is 9.10. The molecule has 0 saturated heterocycles. The Morgan fingerprint density at radius 3 is 2.43 bits per heavy atom. The van der Waals surface area contributed by atoms with Crippen LogP contribution in [0.3, 0.4) is 0 Å². The summed E-state index contributed by atoms with van der Waals surface area (Å²) in [6.45, 7) is 2.68. The smallest absolute Gasteiger partial charge is 0.261 e. The zero-order valence-corrected chi connectivity index (χ0v) is 20.0. The van der Waals surface area contributed by atoms with Crippen LogP contribution in [0.4, 0.5) is 0 Å². The van der Waals surface area contributed by atoms with E-state index in [2.05, 4.69) is 32.6 Å². The lowest BCUT2D eigenvalue weighted by atomic mass is 10.0. The average molecular weight is 514 g/mol. The number of aryl methyl sites for hydroxylation is 1. The largest absolute Gasteiger partial charge is 0.395 e. The Morgan fingerprint density at radius 2 is 1.83 bits per heavy atom. The zero-order chi connectivity index (χ0) is 21.7. The third-order valence-corrected chi connectivity index (χ3v) is 7.22. The monoisotopic (exact) mass is 512 g/mol. The van der Waals surface area contributed by atoms with Crippen molar-refractivity contribution in [3.8, 4) is 0 Å². The number of aromatic nitrogens is 2. The Morgan fingerprint density at radius 1 is 1.17 bits per heavy atom. The van der Waals surface area contributed by atoms with Crippen molar-refractivity contribution in [3.05, 3.63) is 58.3 Å². The molecule has 0 bridgehead atoms. The van der Waals surface area contributed by atoms with Crippen LogP contribution in [0.1, 0.15) is 37.1 Å². The molecule has 1 aliphatic carbocycles. The summed E-state index contributed by atoms with van der Waals surface area (Å²) in [4.78, 5) is 4.92. The van der Waals surface area contributed by atoms with E-state index in [1.807, 2.05) is 13.0 Å². The number of aliphatic hydroxyl groups is 1. The molecule has 8 heteroatoms. The van der Waals surface area contributed by atoms with Crippen LogP contribution in [-0.2, 0) is 22.0 Å². The lowest BCUT2D eigenvalue weighted by molar-refractivity contribution is 0.275. The molecule has 3 aromatic rings. The number of fused-ring (bicyclic) bond motifs is 1. The third-order valence-electron chi connectivity index (χ3n) is 5.36. The second-order valence-electron chi connectivity index (χ2n) is 7.64. The first kappa shape index (κ1) is 23.3. The molecule has 0 spiro atoms. The van der Waals surface area contributed by atoms with Crippen LogP contribution in [0.2, 0.25) is 0 Å². The fourth-order valence-corrected chi connectivity index (χ4v) is 4.95. The number of benzene rings is 2. The number of imidazole rings is 1. The van der Waals surface area contributed by atoms with Crippen LogP contribution in [0, 0.1) is 12.8 Å². The fourth-order valence-electron chi connectivity index (χ4n) is 3.83. The molecule has 1 aliphatic rings. The molecule has 4 rings (SSSR count). The minimum Gasteiger partial charge on any atom is -0.395 e. The summed E-state index contributed by atoms with van der Waals surface area (Å²) >= 11 is 3.49. The van der Waals surface area contributed by atoms with E-state index >= 15 is 0 Å². The standard InChI is InChI=1S/C15H19BrN2O.C7H7ClO2S/c16-12-5-6-14-13(10-12)17-15(18(14)7-8-19)9-11-3-1-2-4-11;1-6-2-4-7(5-3-6)11(8,9)10/h5-6,10-11,19H,1-4,7-9H2;2-5H,1H3. The van der Waals surface area contributed by atoms with Gasteiger partial charge in [-0.25, -0.2) is 13.4 Å². The molecule has 5 nitrogen and oxygen atoms in total. The van der Waals surface area contributed by atoms with Crippen molar-refractivity contribution in [2.45, 2.75) is 50.5 Å². The van der Waals surface area contributed by atoms with Crippen LogP contribution < -0.4 is 0 Å². The molecule has 0 aliphatic heterocycles. The lowest BCUT2D eigenvalue weighted by Gasteiger charge is -2.11. The summed E-state index contributed by atoms with van der Waals surface area (Å²) < 4.78 is 24.7. The van der Waals surface area contributed by atoms with Gasteiger partial charge in [0.15, 0.2) is 0 Å². The lowest BCUT2D eigenvalue weighted by Crippen LogP contribution is -2.10. The predicted molar refractivity (Wildman–Crippen MR) is 124 cm³/mol. The Balaban J connectivity index is 0.000000199. The Bertz CT molecular complexity index is 1090. The van der Waals surface area contributed by atoms with Crippen LogP contribution in [0.5, 0.6) is 0 Å². The highest BCUT2D eigenvalue weighted by Crippen LogP contribution is 2.29. The number of halogens is 2. The van der Waals surface area contributed by atoms with Gasteiger partial charge in [-0.2, -0.15) is 0 Å². The van der Waals surface area contributed by atoms with E-state index in [9.17, 15) is 13.5 Å². The van der Waals surface area contributed by atoms with Gasteiger partial charge in [0.05, 0.1) is 22.5 Å². The average Bonchev–Trinajstić information content (AvgIpc) is 3.31. The molecule has 162 valence electrons. The maximum absolute atomic E-state index is 10.7. The fraction of sp³-hybridized carbons (Fsp3) is 0.409. The molecular weight excluding hydrogens is 488 g/mol. The molecule has 1 aromatic heterocycles. The van der Waals surface area contributed by atoms with Crippen molar-refractivity contribution in [3.63, 3.8) is 0 Å². The maximum Gasteiger partial charge on any atom is 0.261 e. The van der Waals surface area contributed by atoms with Gasteiger partial charge in [0.1, 0.15) is 5.82 Å². The van der Waals surface area contributed by atoms with Gasteiger partial charge >= 0.3 is 0 Å². The summed E-state index contributed by atoms with van der Waals surface area (Å²) in [5.74, 6) is 1.91. The number of aliphatic hydroxyl groups excluding tert-OH is 1. The molecule has 1 N–H and O–H groups in total. The quantitative estimate of drug-likeness (QED) is 0.461. The summed E-state index contributed by atoms with van der Waals surface area (Å²) in [6, 6.07) is 12.6. The van der Waals surface area contributed by atoms with E-state index in [4.69, 9.17) is 15.7 Å². The molecule has 30 heavy (non-hydrogen) atoms. The summed E-state index contributed by atoms with van der Waals surface area (Å²) in [5, 5.41) is 9.28. The van der Waals surface area contributed by atoms with E-state index in [0.717, 1.165) is 39.2 Å². The first-order valence-electron chi connectivity index (χ1n) is 10.0. The van der Waals surface area contributed by atoms with Gasteiger partial charge in [0.2, 0.25) is 0 Å². The number of hydrogen-bond donors (Lipinski definition) is 1. The topological polar surface area (TPSA) is 72.2 Å². The molecule has 1 saturated carbocycles. The van der Waals surface area contributed by atoms with E-state index in [0.29, 0.717) is 6.54 Å². The van der Waals surface area contributed by atoms with E-state index < -0.39 is 9.05 Å². The van der Waals surface area contributed by atoms with Crippen molar-refractivity contribution in [1.82, 2.24) is 9.55 Å². The molecule has 1 fully saturated rings. The number of nitrogens with zero attached hydrogens (tertiary/aromatic N) is 2. The molecule has 0 unspecified atom stereocenters. The number of hydrogen-bond acceptors (Lipinski definition) is 4. The van der Waals surface area contributed by atoms with Gasteiger partial charge in [-0.15, -0.1) is 0 Å². The van der Waals surface area contributed by atoms with Gasteiger partial charge in [-0.1, -0.05) is 59.3 Å².